The fourth-order valence-corrected chi connectivity index (χ4v) is 3.38. The average Bonchev–Trinajstić information content (AvgIpc) is 3.29. The van der Waals surface area contributed by atoms with Crippen molar-refractivity contribution in [1.82, 2.24) is 10.3 Å². The third-order valence-electron chi connectivity index (χ3n) is 4.98. The molecule has 0 saturated carbocycles. The minimum atomic E-state index is -0.487. The number of rotatable bonds is 8. The van der Waals surface area contributed by atoms with Crippen LogP contribution >= 0.6 is 0 Å². The topological polar surface area (TPSA) is 113 Å². The average molecular weight is 416 g/mol. The van der Waals surface area contributed by atoms with Crippen molar-refractivity contribution in [2.45, 2.75) is 12.5 Å². The standard InChI is InChI=1S/C24H24N4O3/c25-20(14-16-8-10-18(29)11-9-16)24-28-22(15-31-24)23(30)27-13-12-26-21-7-3-5-17-4-1-2-6-19(17)21/h1-11,15,20,26,29H,12-14,25H2,(H,27,30). The zero-order valence-corrected chi connectivity index (χ0v) is 16.9. The van der Waals surface area contributed by atoms with Crippen molar-refractivity contribution in [1.29, 1.82) is 0 Å². The van der Waals surface area contributed by atoms with Crippen LogP contribution in [0.1, 0.15) is 28.0 Å². The predicted octanol–water partition coefficient (Wildman–Crippen LogP) is 3.62. The number of aromatic nitrogens is 1. The smallest absolute Gasteiger partial charge is 0.273 e. The van der Waals surface area contributed by atoms with Gasteiger partial charge in [-0.15, -0.1) is 0 Å². The molecule has 5 N–H and O–H groups in total. The second-order valence-electron chi connectivity index (χ2n) is 7.26. The van der Waals surface area contributed by atoms with E-state index in [0.29, 0.717) is 25.4 Å². The Bertz CT molecular complexity index is 1170. The Labute approximate surface area is 179 Å². The minimum Gasteiger partial charge on any atom is -0.508 e. The molecule has 0 aliphatic carbocycles. The summed E-state index contributed by atoms with van der Waals surface area (Å²) < 4.78 is 5.41. The van der Waals surface area contributed by atoms with Gasteiger partial charge in [0.25, 0.3) is 5.91 Å². The van der Waals surface area contributed by atoms with Crippen LogP contribution in [0, 0.1) is 0 Å². The number of aromatic hydroxyl groups is 1. The van der Waals surface area contributed by atoms with Crippen LogP contribution in [0.5, 0.6) is 5.75 Å². The van der Waals surface area contributed by atoms with E-state index < -0.39 is 6.04 Å². The van der Waals surface area contributed by atoms with E-state index in [-0.39, 0.29) is 17.4 Å². The largest absolute Gasteiger partial charge is 0.508 e. The van der Waals surface area contributed by atoms with E-state index in [0.717, 1.165) is 22.0 Å². The van der Waals surface area contributed by atoms with Gasteiger partial charge in [-0.2, -0.15) is 0 Å². The molecule has 1 aromatic heterocycles. The van der Waals surface area contributed by atoms with E-state index in [1.165, 1.54) is 6.26 Å². The summed E-state index contributed by atoms with van der Waals surface area (Å²) in [5.41, 5.74) is 8.31. The third-order valence-corrected chi connectivity index (χ3v) is 4.98. The monoisotopic (exact) mass is 416 g/mol. The van der Waals surface area contributed by atoms with Crippen molar-refractivity contribution in [2.24, 2.45) is 5.73 Å². The lowest BCUT2D eigenvalue weighted by Crippen LogP contribution is -2.29. The molecule has 0 aliphatic rings. The number of oxazole rings is 1. The van der Waals surface area contributed by atoms with E-state index in [9.17, 15) is 9.90 Å². The van der Waals surface area contributed by atoms with Crippen molar-refractivity contribution < 1.29 is 14.3 Å². The zero-order valence-electron chi connectivity index (χ0n) is 16.9. The zero-order chi connectivity index (χ0) is 21.6. The molecule has 31 heavy (non-hydrogen) atoms. The SMILES string of the molecule is NC(Cc1ccc(O)cc1)c1nc(C(=O)NCCNc2cccc3ccccc23)co1. The van der Waals surface area contributed by atoms with Crippen LogP contribution in [0.2, 0.25) is 0 Å². The number of nitrogens with zero attached hydrogens (tertiary/aromatic N) is 1. The number of nitrogens with one attached hydrogen (secondary N) is 2. The number of amides is 1. The number of benzene rings is 3. The van der Waals surface area contributed by atoms with Gasteiger partial charge in [-0.25, -0.2) is 4.98 Å². The summed E-state index contributed by atoms with van der Waals surface area (Å²) in [6.45, 7) is 1.01. The maximum Gasteiger partial charge on any atom is 0.273 e. The second kappa shape index (κ2) is 9.32. The van der Waals surface area contributed by atoms with Crippen LogP contribution in [0.15, 0.2) is 77.4 Å². The summed E-state index contributed by atoms with van der Waals surface area (Å²) in [7, 11) is 0. The molecule has 0 spiro atoms. The number of carbonyl (C=O) groups excluding carboxylic acids is 1. The molecule has 0 saturated heterocycles. The molecule has 1 unspecified atom stereocenters. The fourth-order valence-electron chi connectivity index (χ4n) is 3.38. The molecule has 7 nitrogen and oxygen atoms in total. The van der Waals surface area contributed by atoms with Crippen molar-refractivity contribution >= 4 is 22.4 Å². The lowest BCUT2D eigenvalue weighted by atomic mass is 10.1. The van der Waals surface area contributed by atoms with E-state index in [1.54, 1.807) is 24.3 Å². The molecular formula is C24H24N4O3. The van der Waals surface area contributed by atoms with Crippen LogP contribution in [-0.4, -0.2) is 29.1 Å². The maximum atomic E-state index is 12.4. The van der Waals surface area contributed by atoms with Crippen LogP contribution < -0.4 is 16.4 Å². The van der Waals surface area contributed by atoms with E-state index in [4.69, 9.17) is 10.2 Å². The third kappa shape index (κ3) is 5.02. The molecule has 4 aromatic rings. The van der Waals surface area contributed by atoms with Crippen LogP contribution in [-0.2, 0) is 6.42 Å². The van der Waals surface area contributed by atoms with Gasteiger partial charge in [0, 0.05) is 24.2 Å². The summed E-state index contributed by atoms with van der Waals surface area (Å²) in [4.78, 5) is 16.6. The molecule has 0 bridgehead atoms. The Kier molecular flexibility index (Phi) is 6.14. The van der Waals surface area contributed by atoms with Gasteiger partial charge >= 0.3 is 0 Å². The van der Waals surface area contributed by atoms with Gasteiger partial charge in [0.05, 0.1) is 6.04 Å². The molecule has 158 valence electrons. The summed E-state index contributed by atoms with van der Waals surface area (Å²) in [5.74, 6) is 0.181. The highest BCUT2D eigenvalue weighted by Crippen LogP contribution is 2.22. The summed E-state index contributed by atoms with van der Waals surface area (Å²) in [5, 5.41) is 17.8. The second-order valence-corrected chi connectivity index (χ2v) is 7.26. The van der Waals surface area contributed by atoms with Gasteiger partial charge in [0.15, 0.2) is 5.69 Å². The number of nitrogens with two attached hydrogens (primary N) is 1. The first kappa shape index (κ1) is 20.4. The predicted molar refractivity (Wildman–Crippen MR) is 120 cm³/mol. The Morgan fingerprint density at radius 3 is 2.65 bits per heavy atom. The number of hydrogen-bond donors (Lipinski definition) is 4. The van der Waals surface area contributed by atoms with E-state index in [2.05, 4.69) is 33.8 Å². The first-order chi connectivity index (χ1) is 15.1. The van der Waals surface area contributed by atoms with Crippen molar-refractivity contribution in [2.75, 3.05) is 18.4 Å². The van der Waals surface area contributed by atoms with E-state index >= 15 is 0 Å². The van der Waals surface area contributed by atoms with Gasteiger partial charge in [0.1, 0.15) is 12.0 Å². The van der Waals surface area contributed by atoms with Gasteiger partial charge < -0.3 is 25.9 Å². The van der Waals surface area contributed by atoms with Gasteiger partial charge in [-0.3, -0.25) is 4.79 Å². The molecule has 7 heteroatoms. The van der Waals surface area contributed by atoms with Crippen LogP contribution in [0.4, 0.5) is 5.69 Å². The first-order valence-electron chi connectivity index (χ1n) is 10.1. The lowest BCUT2D eigenvalue weighted by Gasteiger charge is -2.10. The molecule has 1 atom stereocenters. The lowest BCUT2D eigenvalue weighted by molar-refractivity contribution is 0.0950. The molecule has 4 rings (SSSR count). The molecule has 1 amide bonds. The normalized spacial score (nSPS) is 11.9. The molecule has 0 radical (unpaired) electrons. The number of phenols is 1. The van der Waals surface area contributed by atoms with Gasteiger partial charge in [0.2, 0.25) is 5.89 Å². The van der Waals surface area contributed by atoms with Gasteiger partial charge in [-0.05, 0) is 35.6 Å². The quantitative estimate of drug-likeness (QED) is 0.326. The highest BCUT2D eigenvalue weighted by Gasteiger charge is 2.17. The first-order valence-corrected chi connectivity index (χ1v) is 10.1. The van der Waals surface area contributed by atoms with Gasteiger partial charge in [-0.1, -0.05) is 48.5 Å². The van der Waals surface area contributed by atoms with Crippen molar-refractivity contribution in [3.63, 3.8) is 0 Å². The van der Waals surface area contributed by atoms with E-state index in [1.807, 2.05) is 24.3 Å². The number of fused-ring (bicyclic) bond motifs is 1. The summed E-state index contributed by atoms with van der Waals surface area (Å²) >= 11 is 0. The van der Waals surface area contributed by atoms with Crippen molar-refractivity contribution in [3.05, 3.63) is 90.1 Å². The Balaban J connectivity index is 1.28. The fraction of sp³-hybridized carbons (Fsp3) is 0.167. The highest BCUT2D eigenvalue weighted by atomic mass is 16.3. The number of anilines is 1. The number of carbonyl (C=O) groups is 1. The van der Waals surface area contributed by atoms with Crippen molar-refractivity contribution in [3.8, 4) is 5.75 Å². The Morgan fingerprint density at radius 1 is 1.03 bits per heavy atom. The Hall–Kier alpha value is -3.84. The summed E-state index contributed by atoms with van der Waals surface area (Å²) in [6, 6.07) is 20.5. The molecule has 3 aromatic carbocycles. The molecular weight excluding hydrogens is 392 g/mol. The summed E-state index contributed by atoms with van der Waals surface area (Å²) in [6.07, 6.45) is 1.80. The molecule has 0 fully saturated rings. The van der Waals surface area contributed by atoms with Crippen LogP contribution in [0.25, 0.3) is 10.8 Å². The Morgan fingerprint density at radius 2 is 1.81 bits per heavy atom. The molecule has 1 heterocycles. The molecule has 0 aliphatic heterocycles. The number of hydrogen-bond acceptors (Lipinski definition) is 6. The number of phenolic OH excluding ortho intramolecular Hbond substituents is 1. The minimum absolute atomic E-state index is 0.196. The van der Waals surface area contributed by atoms with Crippen LogP contribution in [0.3, 0.4) is 0 Å². The highest BCUT2D eigenvalue weighted by molar-refractivity contribution is 5.94. The maximum absolute atomic E-state index is 12.4.